The Morgan fingerprint density at radius 1 is 0.588 bits per heavy atom. The Morgan fingerprint density at radius 3 is 1.40 bits per heavy atom. The summed E-state index contributed by atoms with van der Waals surface area (Å²) in [4.78, 5) is 57.2. The van der Waals surface area contributed by atoms with Gasteiger partial charge in [-0.3, -0.25) is 38.8 Å². The van der Waals surface area contributed by atoms with E-state index in [0.717, 1.165) is 68.5 Å². The molecule has 0 radical (unpaired) electrons. The number of ether oxygens (including phenoxy) is 8. The van der Waals surface area contributed by atoms with Crippen LogP contribution in [0.5, 0.6) is 57.5 Å². The number of nitrogens with zero attached hydrogens (tertiary/aromatic N) is 6. The van der Waals surface area contributed by atoms with E-state index in [1.807, 2.05) is 41.8 Å². The molecule has 1 amide bonds. The maximum Gasteiger partial charge on any atom is 0.308 e. The van der Waals surface area contributed by atoms with Crippen molar-refractivity contribution in [2.75, 3.05) is 55.0 Å². The van der Waals surface area contributed by atoms with E-state index in [2.05, 4.69) is 49.2 Å². The molecule has 6 N–H and O–H groups in total. The van der Waals surface area contributed by atoms with Crippen LogP contribution in [0, 0.1) is 62.2 Å². The van der Waals surface area contributed by atoms with Crippen molar-refractivity contribution in [2.45, 2.75) is 218 Å². The predicted octanol–water partition coefficient (Wildman–Crippen LogP) is 9.75. The van der Waals surface area contributed by atoms with E-state index in [0.29, 0.717) is 107 Å². The zero-order valence-corrected chi connectivity index (χ0v) is 57.6. The standard InChI is InChI=1S/C37H46N4O7.C28H32N4O6.C9H16O2/c1-19-13-23-14-25-27(16-38)41-26(32(40(25)4)30(23)33(44)34(19)45-5)15-24-31(37-36(46-18-47-37)20(2)35(24)48-21(3)42)28(41)17-39-29(43)12-11-22-9-7-6-8-10-22;1-12-6-15-7-17-19(9-29)32-18(23(31(17)4)21(15)24(34)25(12)35-5)8-16-22(20(32)10-30)28-27(36-11-37-28)13(2)26(16)38-14(3)33;10-9(11)7-6-8-4-2-1-3-5-8/h13,22,25-28,32,44H,6-12,14-15,17-18H2,1-5H3,(H,39,43);6,17-20,23,34H,7-8,10-11,30H2,1-5H3;8H,1-7H2,(H,10,11)/t25-,26?,27-,28-,32-;17-,18?,19-,20-,23-;/m00./s1. The number of amides is 1. The van der Waals surface area contributed by atoms with E-state index in [-0.39, 0.29) is 86.4 Å². The van der Waals surface area contributed by atoms with Crippen LogP contribution in [-0.4, -0.2) is 150 Å². The summed E-state index contributed by atoms with van der Waals surface area (Å²) in [6.07, 6.45) is 17.2. The van der Waals surface area contributed by atoms with Gasteiger partial charge in [-0.2, -0.15) is 10.5 Å². The number of nitrogens with one attached hydrogen (secondary N) is 1. The molecular weight excluding hydrogens is 1240 g/mol. The molecule has 4 aromatic carbocycles. The van der Waals surface area contributed by atoms with E-state index in [4.69, 9.17) is 48.7 Å². The molecule has 97 heavy (non-hydrogen) atoms. The van der Waals surface area contributed by atoms with Gasteiger partial charge in [-0.1, -0.05) is 76.3 Å². The highest BCUT2D eigenvalue weighted by Gasteiger charge is 2.59. The SMILES string of the molecule is COc1c(C)cc2c(c1O)[C@@H]1C3Cc4c(OC(C)=O)c(C)c5c(c4[C@H](CN)N3[C@@H](C#N)[C@H](C2)N1C)OCO5.COc1c(C)cc2c(c1O)[C@@H]1C3Cc4c(OC(C)=O)c(C)c5c(c4[C@H](CNC(=O)CCC4CCCCC4)N3[C@@H](C#N)[C@H](C2)N1C)OCO5.O=C(O)CCC1CCCCC1. The number of fused-ring (bicyclic) bond motifs is 18. The minimum Gasteiger partial charge on any atom is -0.504 e. The minimum atomic E-state index is -0.643. The summed E-state index contributed by atoms with van der Waals surface area (Å²) in [6.45, 7) is 10.8. The fourth-order valence-corrected chi connectivity index (χ4v) is 18.6. The number of likely N-dealkylation sites (N-methyl/N-ethyl adjacent to an activating group) is 2. The van der Waals surface area contributed by atoms with Crippen molar-refractivity contribution in [3.63, 3.8) is 0 Å². The summed E-state index contributed by atoms with van der Waals surface area (Å²) < 4.78 is 46.8. The molecule has 4 fully saturated rings. The lowest BCUT2D eigenvalue weighted by Crippen LogP contribution is -2.68. The van der Waals surface area contributed by atoms with Crippen LogP contribution in [-0.2, 0) is 44.9 Å². The fraction of sp³-hybridized carbons (Fsp3) is 0.595. The number of phenols is 2. The first-order valence-corrected chi connectivity index (χ1v) is 34.7. The molecule has 2 aliphatic carbocycles. The lowest BCUT2D eigenvalue weighted by molar-refractivity contribution is -0.137. The van der Waals surface area contributed by atoms with Gasteiger partial charge in [0.2, 0.25) is 19.5 Å². The number of hydrogen-bond acceptors (Lipinski definition) is 21. The molecule has 0 aromatic heterocycles. The van der Waals surface area contributed by atoms with Crippen LogP contribution in [0.2, 0.25) is 0 Å². The van der Waals surface area contributed by atoms with E-state index in [9.17, 15) is 39.9 Å². The van der Waals surface area contributed by atoms with Crippen molar-refractivity contribution in [3.8, 4) is 69.6 Å². The number of carbonyl (C=O) groups excluding carboxylic acids is 3. The third-order valence-corrected chi connectivity index (χ3v) is 22.7. The van der Waals surface area contributed by atoms with Crippen LogP contribution in [0.25, 0.3) is 0 Å². The van der Waals surface area contributed by atoms with Gasteiger partial charge in [0, 0.05) is 108 Å². The number of rotatable bonds is 13. The van der Waals surface area contributed by atoms with Crippen LogP contribution in [0.1, 0.15) is 195 Å². The van der Waals surface area contributed by atoms with Gasteiger partial charge in [0.15, 0.2) is 46.0 Å². The summed E-state index contributed by atoms with van der Waals surface area (Å²) in [7, 11) is 7.14. The quantitative estimate of drug-likeness (QED) is 0.0614. The van der Waals surface area contributed by atoms with E-state index in [1.165, 1.54) is 78.1 Å². The van der Waals surface area contributed by atoms with Gasteiger partial charge in [-0.05, 0) is 114 Å². The number of piperazine rings is 2. The third-order valence-electron chi connectivity index (χ3n) is 22.7. The molecular formula is C74H94N8O15. The Labute approximate surface area is 567 Å². The van der Waals surface area contributed by atoms with Crippen LogP contribution in [0.4, 0.5) is 0 Å². The highest BCUT2D eigenvalue weighted by Crippen LogP contribution is 2.61. The van der Waals surface area contributed by atoms with Crippen molar-refractivity contribution < 1.29 is 72.4 Å². The van der Waals surface area contributed by atoms with Gasteiger partial charge in [0.1, 0.15) is 23.6 Å². The normalized spacial score (nSPS) is 25.8. The maximum absolute atomic E-state index is 13.4. The van der Waals surface area contributed by atoms with Crippen molar-refractivity contribution in [3.05, 3.63) is 78.9 Å². The number of esters is 2. The first-order valence-electron chi connectivity index (χ1n) is 34.7. The lowest BCUT2D eigenvalue weighted by atomic mass is 9.71. The average Bonchev–Trinajstić information content (AvgIpc) is 1.50. The Morgan fingerprint density at radius 2 is 1.00 bits per heavy atom. The summed E-state index contributed by atoms with van der Waals surface area (Å²) in [6, 6.07) is 6.07. The molecule has 10 atom stereocenters. The molecule has 23 heteroatoms. The number of carboxylic acid groups (broad SMARTS) is 1. The Kier molecular flexibility index (Phi) is 20.2. The number of methoxy groups -OCH3 is 2. The van der Waals surface area contributed by atoms with E-state index in [1.54, 1.807) is 14.2 Å². The van der Waals surface area contributed by atoms with Crippen LogP contribution in [0.15, 0.2) is 12.1 Å². The molecule has 8 aliphatic heterocycles. The Bertz CT molecular complexity index is 3830. The van der Waals surface area contributed by atoms with Crippen LogP contribution in [0.3, 0.4) is 0 Å². The summed E-state index contributed by atoms with van der Waals surface area (Å²) in [5, 5.41) is 56.2. The first kappa shape index (κ1) is 68.9. The monoisotopic (exact) mass is 1330 g/mol. The number of nitrogens with two attached hydrogens (primary N) is 1. The largest absolute Gasteiger partial charge is 0.504 e. The summed E-state index contributed by atoms with van der Waals surface area (Å²) in [5.74, 6) is 3.99. The van der Waals surface area contributed by atoms with Crippen molar-refractivity contribution >= 4 is 23.8 Å². The van der Waals surface area contributed by atoms with Gasteiger partial charge in [-0.25, -0.2) is 0 Å². The van der Waals surface area contributed by atoms with Crippen LogP contribution >= 0.6 is 0 Å². The molecule has 2 saturated carbocycles. The average molecular weight is 1340 g/mol. The van der Waals surface area contributed by atoms with Crippen LogP contribution < -0.4 is 48.9 Å². The van der Waals surface area contributed by atoms with E-state index >= 15 is 0 Å². The number of carboxylic acids is 1. The van der Waals surface area contributed by atoms with Gasteiger partial charge in [0.05, 0.1) is 50.5 Å². The van der Waals surface area contributed by atoms with Gasteiger partial charge >= 0.3 is 17.9 Å². The molecule has 8 heterocycles. The van der Waals surface area contributed by atoms with Crippen molar-refractivity contribution in [2.24, 2.45) is 17.6 Å². The number of aliphatic carboxylic acids is 1. The van der Waals surface area contributed by atoms with Gasteiger partial charge in [-0.15, -0.1) is 0 Å². The zero-order chi connectivity index (χ0) is 69.0. The molecule has 4 aromatic rings. The number of nitriles is 2. The zero-order valence-electron chi connectivity index (χ0n) is 57.6. The number of aryl methyl sites for hydroxylation is 2. The topological polar surface area (TPSA) is 301 Å². The first-order chi connectivity index (χ1) is 46.7. The summed E-state index contributed by atoms with van der Waals surface area (Å²) in [5.41, 5.74) is 16.3. The number of carbonyl (C=O) groups is 4. The number of benzene rings is 4. The third kappa shape index (κ3) is 12.4. The van der Waals surface area contributed by atoms with Gasteiger partial charge in [0.25, 0.3) is 0 Å². The van der Waals surface area contributed by atoms with Crippen molar-refractivity contribution in [1.82, 2.24) is 24.9 Å². The number of phenolic OH excluding ortho intramolecular Hbond substituents is 2. The second-order valence-electron chi connectivity index (χ2n) is 28.2. The fourth-order valence-electron chi connectivity index (χ4n) is 18.6. The highest BCUT2D eigenvalue weighted by molar-refractivity contribution is 5.77. The molecule has 23 nitrogen and oxygen atoms in total. The Hall–Kier alpha value is -8.06. The lowest BCUT2D eigenvalue weighted by Gasteiger charge is -2.60. The van der Waals surface area contributed by atoms with E-state index < -0.39 is 36.0 Å². The highest BCUT2D eigenvalue weighted by atomic mass is 16.7. The van der Waals surface area contributed by atoms with Gasteiger partial charge < -0.3 is 64.3 Å². The molecule has 520 valence electrons. The second kappa shape index (κ2) is 28.4. The molecule has 2 saturated heterocycles. The predicted molar refractivity (Wildman–Crippen MR) is 356 cm³/mol. The Balaban J connectivity index is 0.000000163. The molecule has 10 aliphatic rings. The maximum atomic E-state index is 13.4. The molecule has 2 unspecified atom stereocenters. The molecule has 0 spiro atoms. The second-order valence-corrected chi connectivity index (χ2v) is 28.2. The number of hydrogen-bond donors (Lipinski definition) is 5. The molecule has 4 bridgehead atoms. The minimum absolute atomic E-state index is 0.0172. The number of aromatic hydroxyl groups is 2. The van der Waals surface area contributed by atoms with Crippen molar-refractivity contribution in [1.29, 1.82) is 10.5 Å². The summed E-state index contributed by atoms with van der Waals surface area (Å²) >= 11 is 0. The smallest absolute Gasteiger partial charge is 0.308 e. The molecule has 14 rings (SSSR count).